The maximum absolute atomic E-state index is 13.9. The zero-order chi connectivity index (χ0) is 23.8. The van der Waals surface area contributed by atoms with Crippen molar-refractivity contribution in [2.75, 3.05) is 26.2 Å². The van der Waals surface area contributed by atoms with Crippen molar-refractivity contribution in [3.63, 3.8) is 0 Å². The number of phenolic OH excluding ortho intramolecular Hbond substituents is 1. The van der Waals surface area contributed by atoms with Gasteiger partial charge in [-0.2, -0.15) is 0 Å². The number of hydrogen-bond acceptors (Lipinski definition) is 5. The second kappa shape index (κ2) is 7.53. The predicted octanol–water partition coefficient (Wildman–Crippen LogP) is 3.15. The number of fused-ring (bicyclic) bond motifs is 1. The van der Waals surface area contributed by atoms with E-state index < -0.39 is 16.4 Å². The van der Waals surface area contributed by atoms with Crippen LogP contribution in [0.4, 0.5) is 0 Å². The summed E-state index contributed by atoms with van der Waals surface area (Å²) in [5, 5.41) is 23.1. The average molecular weight is 474 g/mol. The quantitative estimate of drug-likeness (QED) is 0.714. The Kier molecular flexibility index (Phi) is 4.69. The molecule has 6 nitrogen and oxygen atoms in total. The number of likely N-dealkylation sites (tertiary alicyclic amines) is 2. The van der Waals surface area contributed by atoms with E-state index >= 15 is 0 Å². The van der Waals surface area contributed by atoms with E-state index in [1.807, 2.05) is 29.2 Å². The zero-order valence-electron chi connectivity index (χ0n) is 20.3. The lowest BCUT2D eigenvalue weighted by molar-refractivity contribution is -0.149. The molecule has 4 fully saturated rings. The van der Waals surface area contributed by atoms with Crippen molar-refractivity contribution in [3.05, 3.63) is 59.4 Å². The molecule has 1 aromatic carbocycles. The highest BCUT2D eigenvalue weighted by Crippen LogP contribution is 2.57. The summed E-state index contributed by atoms with van der Waals surface area (Å²) in [4.78, 5) is 23.0. The van der Waals surface area contributed by atoms with Gasteiger partial charge >= 0.3 is 0 Å². The third kappa shape index (κ3) is 3.15. The van der Waals surface area contributed by atoms with Gasteiger partial charge in [-0.25, -0.2) is 0 Å². The molecule has 2 bridgehead atoms. The Morgan fingerprint density at radius 3 is 2.57 bits per heavy atom. The highest BCUT2D eigenvalue weighted by atomic mass is 16.3. The molecule has 2 saturated carbocycles. The van der Waals surface area contributed by atoms with Crippen molar-refractivity contribution in [1.29, 1.82) is 0 Å². The molecule has 0 radical (unpaired) electrons. The van der Waals surface area contributed by atoms with Gasteiger partial charge < -0.3 is 15.1 Å². The molecule has 2 aromatic rings. The van der Waals surface area contributed by atoms with E-state index in [-0.39, 0.29) is 17.7 Å². The molecule has 3 unspecified atom stereocenters. The van der Waals surface area contributed by atoms with Gasteiger partial charge in [-0.3, -0.25) is 14.7 Å². The van der Waals surface area contributed by atoms with Crippen LogP contribution >= 0.6 is 0 Å². The lowest BCUT2D eigenvalue weighted by Gasteiger charge is -2.61. The monoisotopic (exact) mass is 473 g/mol. The van der Waals surface area contributed by atoms with E-state index in [1.54, 1.807) is 12.3 Å². The molecule has 2 N–H and O–H groups in total. The summed E-state index contributed by atoms with van der Waals surface area (Å²) >= 11 is 0. The number of phenols is 1. The molecule has 0 spiro atoms. The van der Waals surface area contributed by atoms with Crippen molar-refractivity contribution in [2.24, 2.45) is 5.92 Å². The van der Waals surface area contributed by atoms with Gasteiger partial charge in [0.1, 0.15) is 5.75 Å². The molecule has 3 aliphatic carbocycles. The van der Waals surface area contributed by atoms with Crippen molar-refractivity contribution in [1.82, 2.24) is 14.8 Å². The van der Waals surface area contributed by atoms with Crippen LogP contribution in [-0.4, -0.2) is 68.7 Å². The lowest BCUT2D eigenvalue weighted by atomic mass is 9.52. The molecule has 5 aliphatic rings. The molecule has 2 aliphatic heterocycles. The Hall–Kier alpha value is -2.44. The minimum Gasteiger partial charge on any atom is -0.508 e. The first-order chi connectivity index (χ1) is 17.0. The summed E-state index contributed by atoms with van der Waals surface area (Å²) in [6, 6.07) is 11.7. The smallest absolute Gasteiger partial charge is 0.234 e. The van der Waals surface area contributed by atoms with Crippen molar-refractivity contribution < 1.29 is 15.0 Å². The van der Waals surface area contributed by atoms with Crippen LogP contribution in [0.1, 0.15) is 61.8 Å². The molecule has 7 rings (SSSR count). The van der Waals surface area contributed by atoms with Crippen LogP contribution in [0.15, 0.2) is 42.6 Å². The highest BCUT2D eigenvalue weighted by molar-refractivity contribution is 5.90. The SMILES string of the molecule is O=C(N1CCC23CCN(CC4CC4)C(Cc4ccc(O)cc42)C3(O)CC1)C1(c2ccccn2)CC1. The lowest BCUT2D eigenvalue weighted by Crippen LogP contribution is -2.71. The van der Waals surface area contributed by atoms with Gasteiger partial charge in [0.25, 0.3) is 0 Å². The summed E-state index contributed by atoms with van der Waals surface area (Å²) in [6.45, 7) is 3.26. The van der Waals surface area contributed by atoms with E-state index in [1.165, 1.54) is 18.4 Å². The standard InChI is InChI=1S/C29H35N3O3/c33-22-7-6-21-17-25-29(35)12-16-31(26(34)27(8-9-27)24-3-1-2-13-30-24)14-10-28(29,23(21)18-22)11-15-32(25)19-20-4-5-20/h1-3,6-7,13,18,20,25,33,35H,4-5,8-12,14-17,19H2. The Labute approximate surface area is 207 Å². The molecule has 3 heterocycles. The first-order valence-corrected chi connectivity index (χ1v) is 13.4. The second-order valence-electron chi connectivity index (χ2n) is 11.8. The van der Waals surface area contributed by atoms with Gasteiger partial charge in [0.2, 0.25) is 5.91 Å². The van der Waals surface area contributed by atoms with Gasteiger partial charge in [0.05, 0.1) is 16.7 Å². The van der Waals surface area contributed by atoms with E-state index in [9.17, 15) is 15.0 Å². The molecule has 1 aromatic heterocycles. The number of amides is 1. The van der Waals surface area contributed by atoms with E-state index in [2.05, 4.69) is 16.0 Å². The van der Waals surface area contributed by atoms with Crippen LogP contribution in [0, 0.1) is 5.92 Å². The number of carbonyl (C=O) groups is 1. The number of benzene rings is 1. The molecule has 6 heteroatoms. The number of piperidine rings is 1. The van der Waals surface area contributed by atoms with Gasteiger partial charge in [-0.1, -0.05) is 12.1 Å². The Morgan fingerprint density at radius 1 is 1.03 bits per heavy atom. The molecule has 35 heavy (non-hydrogen) atoms. The van der Waals surface area contributed by atoms with Crippen molar-refractivity contribution in [2.45, 2.75) is 73.8 Å². The normalized spacial score (nSPS) is 33.4. The first-order valence-electron chi connectivity index (χ1n) is 13.4. The second-order valence-corrected chi connectivity index (χ2v) is 11.8. The third-order valence-corrected chi connectivity index (χ3v) is 10.0. The summed E-state index contributed by atoms with van der Waals surface area (Å²) in [6.07, 6.45) is 9.08. The Morgan fingerprint density at radius 2 is 1.83 bits per heavy atom. The fourth-order valence-electron chi connectivity index (χ4n) is 7.72. The van der Waals surface area contributed by atoms with E-state index in [0.29, 0.717) is 19.5 Å². The van der Waals surface area contributed by atoms with Gasteiger partial charge in [0.15, 0.2) is 0 Å². The van der Waals surface area contributed by atoms with Gasteiger partial charge in [-0.05, 0) is 99.2 Å². The summed E-state index contributed by atoms with van der Waals surface area (Å²) in [5.41, 5.74) is 1.43. The van der Waals surface area contributed by atoms with E-state index in [4.69, 9.17) is 0 Å². The number of pyridine rings is 1. The minimum absolute atomic E-state index is 0.0645. The average Bonchev–Trinajstić information content (AvgIpc) is 3.77. The first kappa shape index (κ1) is 21.8. The van der Waals surface area contributed by atoms with Gasteiger partial charge in [0, 0.05) is 37.3 Å². The van der Waals surface area contributed by atoms with Crippen LogP contribution in [0.3, 0.4) is 0 Å². The van der Waals surface area contributed by atoms with Crippen molar-refractivity contribution in [3.8, 4) is 5.75 Å². The number of hydrogen-bond donors (Lipinski definition) is 2. The van der Waals surface area contributed by atoms with Crippen molar-refractivity contribution >= 4 is 5.91 Å². The molecular weight excluding hydrogens is 438 g/mol. The maximum Gasteiger partial charge on any atom is 0.234 e. The van der Waals surface area contributed by atoms with Crippen LogP contribution in [-0.2, 0) is 22.0 Å². The fraction of sp³-hybridized carbons (Fsp3) is 0.586. The molecule has 184 valence electrons. The molecule has 1 amide bonds. The number of aromatic nitrogens is 1. The third-order valence-electron chi connectivity index (χ3n) is 10.0. The van der Waals surface area contributed by atoms with Gasteiger partial charge in [-0.15, -0.1) is 0 Å². The number of aromatic hydroxyl groups is 1. The molecular formula is C29H35N3O3. The minimum atomic E-state index is -0.905. The zero-order valence-corrected chi connectivity index (χ0v) is 20.3. The van der Waals surface area contributed by atoms with Crippen LogP contribution in [0.2, 0.25) is 0 Å². The number of nitrogens with zero attached hydrogens (tertiary/aromatic N) is 3. The fourth-order valence-corrected chi connectivity index (χ4v) is 7.72. The topological polar surface area (TPSA) is 76.9 Å². The van der Waals surface area contributed by atoms with Crippen LogP contribution in [0.25, 0.3) is 0 Å². The number of aliphatic hydroxyl groups is 1. The van der Waals surface area contributed by atoms with Crippen LogP contribution in [0.5, 0.6) is 5.75 Å². The Balaban J connectivity index is 1.25. The maximum atomic E-state index is 13.9. The summed E-state index contributed by atoms with van der Waals surface area (Å²) in [5.74, 6) is 1.21. The largest absolute Gasteiger partial charge is 0.508 e. The Bertz CT molecular complexity index is 1160. The van der Waals surface area contributed by atoms with E-state index in [0.717, 1.165) is 62.4 Å². The summed E-state index contributed by atoms with van der Waals surface area (Å²) < 4.78 is 0. The number of carbonyl (C=O) groups excluding carboxylic acids is 1. The highest BCUT2D eigenvalue weighted by Gasteiger charge is 2.64. The summed E-state index contributed by atoms with van der Waals surface area (Å²) in [7, 11) is 0. The van der Waals surface area contributed by atoms with Crippen LogP contribution < -0.4 is 0 Å². The molecule has 3 atom stereocenters. The number of rotatable bonds is 4. The molecule has 2 saturated heterocycles. The predicted molar refractivity (Wildman–Crippen MR) is 132 cm³/mol.